The molecule has 0 radical (unpaired) electrons. The molecule has 122 valence electrons. The van der Waals surface area contributed by atoms with Gasteiger partial charge in [0.1, 0.15) is 17.9 Å². The molecule has 0 aromatic carbocycles. The molecule has 0 saturated carbocycles. The zero-order valence-corrected chi connectivity index (χ0v) is 13.7. The van der Waals surface area contributed by atoms with Gasteiger partial charge in [-0.15, -0.1) is 11.3 Å². The van der Waals surface area contributed by atoms with Crippen molar-refractivity contribution >= 4 is 22.9 Å². The van der Waals surface area contributed by atoms with Gasteiger partial charge < -0.3 is 10.6 Å². The summed E-state index contributed by atoms with van der Waals surface area (Å²) >= 11 is 1.52. The van der Waals surface area contributed by atoms with E-state index in [-0.39, 0.29) is 18.1 Å². The van der Waals surface area contributed by atoms with Crippen LogP contribution in [0.3, 0.4) is 0 Å². The summed E-state index contributed by atoms with van der Waals surface area (Å²) < 4.78 is 1.19. The van der Waals surface area contributed by atoms with Crippen LogP contribution in [0.4, 0.5) is 5.69 Å². The maximum atomic E-state index is 12.5. The quantitative estimate of drug-likeness (QED) is 0.931. The molecule has 1 amide bonds. The van der Waals surface area contributed by atoms with Crippen LogP contribution in [0.2, 0.25) is 0 Å². The minimum Gasteiger partial charge on any atom is -0.394 e. The molecule has 3 rings (SSSR count). The second-order valence-electron chi connectivity index (χ2n) is 5.72. The van der Waals surface area contributed by atoms with E-state index in [1.165, 1.54) is 16.0 Å². The molecule has 0 aliphatic carbocycles. The number of hydrogen-bond donors (Lipinski definition) is 1. The minimum absolute atomic E-state index is 0.0533. The Balaban J connectivity index is 1.84. The fraction of sp³-hybridized carbons (Fsp3) is 0.438. The van der Waals surface area contributed by atoms with Crippen molar-refractivity contribution in [3.8, 4) is 10.6 Å². The molecule has 0 atom stereocenters. The molecule has 1 aliphatic rings. The summed E-state index contributed by atoms with van der Waals surface area (Å²) in [5.74, 6) is -0.0655. The second-order valence-corrected chi connectivity index (χ2v) is 6.67. The van der Waals surface area contributed by atoms with Crippen LogP contribution in [-0.4, -0.2) is 33.7 Å². The van der Waals surface area contributed by atoms with Crippen molar-refractivity contribution in [2.75, 3.05) is 18.8 Å². The van der Waals surface area contributed by atoms with Crippen molar-refractivity contribution < 1.29 is 4.79 Å². The van der Waals surface area contributed by atoms with Crippen LogP contribution in [0, 0.1) is 0 Å². The lowest BCUT2D eigenvalue weighted by atomic mass is 10.2. The van der Waals surface area contributed by atoms with Crippen molar-refractivity contribution in [2.45, 2.75) is 32.2 Å². The molecule has 2 N–H and O–H groups in total. The largest absolute Gasteiger partial charge is 0.394 e. The average molecular weight is 332 g/mol. The summed E-state index contributed by atoms with van der Waals surface area (Å²) in [6, 6.07) is 5.40. The summed E-state index contributed by atoms with van der Waals surface area (Å²) in [7, 11) is 0. The molecule has 2 aromatic heterocycles. The number of nitrogens with two attached hydrogens (primary N) is 1. The van der Waals surface area contributed by atoms with Crippen LogP contribution in [0.25, 0.3) is 10.6 Å². The van der Waals surface area contributed by atoms with E-state index < -0.39 is 5.56 Å². The van der Waals surface area contributed by atoms with Gasteiger partial charge in [-0.25, -0.2) is 4.68 Å². The molecule has 1 fully saturated rings. The minimum atomic E-state index is -0.409. The molecule has 3 heterocycles. The number of amides is 1. The maximum absolute atomic E-state index is 12.5. The molecule has 6 nitrogen and oxygen atoms in total. The molecule has 2 aromatic rings. The van der Waals surface area contributed by atoms with Crippen LogP contribution >= 0.6 is 11.3 Å². The van der Waals surface area contributed by atoms with E-state index in [2.05, 4.69) is 5.10 Å². The van der Waals surface area contributed by atoms with Crippen molar-refractivity contribution in [3.05, 3.63) is 33.9 Å². The highest BCUT2D eigenvalue weighted by molar-refractivity contribution is 7.13. The smallest absolute Gasteiger partial charge is 0.290 e. The Hall–Kier alpha value is -2.15. The van der Waals surface area contributed by atoms with Crippen molar-refractivity contribution in [3.63, 3.8) is 0 Å². The van der Waals surface area contributed by atoms with Gasteiger partial charge in [0.05, 0.1) is 4.88 Å². The Morgan fingerprint density at radius 2 is 2.00 bits per heavy atom. The monoisotopic (exact) mass is 332 g/mol. The Morgan fingerprint density at radius 1 is 1.26 bits per heavy atom. The predicted molar refractivity (Wildman–Crippen MR) is 91.3 cm³/mol. The fourth-order valence-corrected chi connectivity index (χ4v) is 3.44. The van der Waals surface area contributed by atoms with Gasteiger partial charge in [0.25, 0.3) is 5.56 Å². The number of carbonyl (C=O) groups excluding carboxylic acids is 1. The van der Waals surface area contributed by atoms with Crippen LogP contribution in [-0.2, 0) is 11.3 Å². The number of rotatable bonds is 3. The van der Waals surface area contributed by atoms with Crippen molar-refractivity contribution in [1.29, 1.82) is 0 Å². The maximum Gasteiger partial charge on any atom is 0.290 e. The lowest BCUT2D eigenvalue weighted by molar-refractivity contribution is -0.132. The Labute approximate surface area is 138 Å². The fourth-order valence-electron chi connectivity index (χ4n) is 2.76. The van der Waals surface area contributed by atoms with Crippen LogP contribution in [0.1, 0.15) is 25.7 Å². The SMILES string of the molecule is Nc1cc(-c2cccs2)nn(CC(=O)N2CCCCCC2)c1=O. The number of hydrogen-bond acceptors (Lipinski definition) is 5. The molecule has 23 heavy (non-hydrogen) atoms. The number of likely N-dealkylation sites (tertiary alicyclic amines) is 1. The van der Waals surface area contributed by atoms with Crippen LogP contribution in [0.5, 0.6) is 0 Å². The number of carbonyl (C=O) groups is 1. The zero-order valence-electron chi connectivity index (χ0n) is 12.9. The van der Waals surface area contributed by atoms with Gasteiger partial charge >= 0.3 is 0 Å². The van der Waals surface area contributed by atoms with E-state index in [4.69, 9.17) is 5.73 Å². The molecule has 1 saturated heterocycles. The third-order valence-electron chi connectivity index (χ3n) is 4.02. The number of nitrogen functional groups attached to an aromatic ring is 1. The van der Waals surface area contributed by atoms with E-state index in [1.54, 1.807) is 6.07 Å². The number of thiophene rings is 1. The Bertz CT molecular complexity index is 731. The highest BCUT2D eigenvalue weighted by atomic mass is 32.1. The standard InChI is InChI=1S/C16H20N4O2S/c17-12-10-13(14-6-5-9-23-14)18-20(16(12)22)11-15(21)19-7-3-1-2-4-8-19/h5-6,9-10H,1-4,7-8,11,17H2. The Kier molecular flexibility index (Phi) is 4.76. The highest BCUT2D eigenvalue weighted by Crippen LogP contribution is 2.22. The summed E-state index contributed by atoms with van der Waals surface area (Å²) in [6.45, 7) is 1.46. The van der Waals surface area contributed by atoms with Crippen LogP contribution in [0.15, 0.2) is 28.4 Å². The van der Waals surface area contributed by atoms with Crippen molar-refractivity contribution in [2.24, 2.45) is 0 Å². The summed E-state index contributed by atoms with van der Waals surface area (Å²) in [6.07, 6.45) is 4.35. The predicted octanol–water partition coefficient (Wildman–Crippen LogP) is 1.96. The zero-order chi connectivity index (χ0) is 16.2. The Morgan fingerprint density at radius 3 is 2.65 bits per heavy atom. The van der Waals surface area contributed by atoms with E-state index in [9.17, 15) is 9.59 Å². The molecule has 1 aliphatic heterocycles. The number of nitrogens with zero attached hydrogens (tertiary/aromatic N) is 3. The van der Waals surface area contributed by atoms with Gasteiger partial charge in [-0.1, -0.05) is 18.9 Å². The molecule has 0 bridgehead atoms. The van der Waals surface area contributed by atoms with Gasteiger partial charge in [-0.05, 0) is 30.4 Å². The first kappa shape index (κ1) is 15.7. The van der Waals surface area contributed by atoms with E-state index >= 15 is 0 Å². The van der Waals surface area contributed by atoms with Gasteiger partial charge in [0, 0.05) is 13.1 Å². The summed E-state index contributed by atoms with van der Waals surface area (Å²) in [5, 5.41) is 6.26. The van der Waals surface area contributed by atoms with Gasteiger partial charge in [0.2, 0.25) is 5.91 Å². The van der Waals surface area contributed by atoms with E-state index in [0.717, 1.165) is 43.6 Å². The van der Waals surface area contributed by atoms with Gasteiger partial charge in [-0.2, -0.15) is 5.10 Å². The highest BCUT2D eigenvalue weighted by Gasteiger charge is 2.18. The van der Waals surface area contributed by atoms with Crippen LogP contribution < -0.4 is 11.3 Å². The summed E-state index contributed by atoms with van der Waals surface area (Å²) in [4.78, 5) is 27.4. The third-order valence-corrected chi connectivity index (χ3v) is 4.91. The average Bonchev–Trinajstić information content (AvgIpc) is 2.93. The first-order valence-electron chi connectivity index (χ1n) is 7.84. The number of anilines is 1. The molecule has 7 heteroatoms. The molecule has 0 unspecified atom stereocenters. The third kappa shape index (κ3) is 3.61. The van der Waals surface area contributed by atoms with Gasteiger partial charge in [0.15, 0.2) is 0 Å². The first-order chi connectivity index (χ1) is 11.1. The number of aromatic nitrogens is 2. The van der Waals surface area contributed by atoms with E-state index in [0.29, 0.717) is 5.69 Å². The molecular formula is C16H20N4O2S. The van der Waals surface area contributed by atoms with Gasteiger partial charge in [-0.3, -0.25) is 9.59 Å². The normalized spacial score (nSPS) is 15.4. The second kappa shape index (κ2) is 6.95. The lowest BCUT2D eigenvalue weighted by Gasteiger charge is -2.20. The topological polar surface area (TPSA) is 81.2 Å². The molecule has 0 spiro atoms. The summed E-state index contributed by atoms with van der Waals surface area (Å²) in [5.41, 5.74) is 6.15. The molecular weight excluding hydrogens is 312 g/mol. The lowest BCUT2D eigenvalue weighted by Crippen LogP contribution is -2.38. The van der Waals surface area contributed by atoms with E-state index in [1.807, 2.05) is 22.4 Å². The van der Waals surface area contributed by atoms with Crippen molar-refractivity contribution in [1.82, 2.24) is 14.7 Å². The first-order valence-corrected chi connectivity index (χ1v) is 8.72.